The van der Waals surface area contributed by atoms with Crippen LogP contribution in [0.2, 0.25) is 0 Å². The third kappa shape index (κ3) is 5.73. The van der Waals surface area contributed by atoms with Crippen LogP contribution in [-0.2, 0) is 4.79 Å². The second-order valence-corrected chi connectivity index (χ2v) is 4.37. The van der Waals surface area contributed by atoms with Gasteiger partial charge in [0.1, 0.15) is 0 Å². The summed E-state index contributed by atoms with van der Waals surface area (Å²) in [6.07, 6.45) is 3.82. The number of hydrogen-bond donors (Lipinski definition) is 0. The van der Waals surface area contributed by atoms with Gasteiger partial charge in [0, 0.05) is 15.9 Å². The number of rotatable bonds is 4. The van der Waals surface area contributed by atoms with E-state index < -0.39 is 0 Å². The first-order valence-electron chi connectivity index (χ1n) is 3.73. The lowest BCUT2D eigenvalue weighted by molar-refractivity contribution is 0.537. The van der Waals surface area contributed by atoms with Gasteiger partial charge in [-0.1, -0.05) is 13.8 Å². The Morgan fingerprint density at radius 1 is 1.50 bits per heavy atom. The molecule has 10 heavy (non-hydrogen) atoms. The third-order valence-electron chi connectivity index (χ3n) is 1.43. The van der Waals surface area contributed by atoms with Gasteiger partial charge in [-0.2, -0.15) is 0 Å². The van der Waals surface area contributed by atoms with Crippen molar-refractivity contribution in [3.05, 3.63) is 0 Å². The van der Waals surface area contributed by atoms with E-state index in [9.17, 15) is 4.79 Å². The van der Waals surface area contributed by atoms with Gasteiger partial charge in [0.05, 0.1) is 0 Å². The van der Waals surface area contributed by atoms with E-state index >= 15 is 0 Å². The molecule has 1 atom stereocenters. The molecule has 0 amide bonds. The molecule has 0 radical (unpaired) electrons. The van der Waals surface area contributed by atoms with Crippen LogP contribution in [0.1, 0.15) is 26.7 Å². The summed E-state index contributed by atoms with van der Waals surface area (Å²) >= 11 is 0. The van der Waals surface area contributed by atoms with Gasteiger partial charge < -0.3 is 0 Å². The summed E-state index contributed by atoms with van der Waals surface area (Å²) in [5.41, 5.74) is 0.292. The molecule has 1 unspecified atom stereocenters. The normalized spacial score (nSPS) is 13.1. The maximum absolute atomic E-state index is 9.79. The van der Waals surface area contributed by atoms with Crippen molar-refractivity contribution in [2.75, 3.05) is 0 Å². The third-order valence-corrected chi connectivity index (χ3v) is 2.27. The molecule has 3 heteroatoms. The summed E-state index contributed by atoms with van der Waals surface area (Å²) < 4.78 is 0. The maximum atomic E-state index is 9.79. The highest BCUT2D eigenvalue weighted by Gasteiger charge is 1.99. The van der Waals surface area contributed by atoms with Gasteiger partial charge in [-0.3, -0.25) is 0 Å². The summed E-state index contributed by atoms with van der Waals surface area (Å²) in [5.74, 6) is 0.721. The first kappa shape index (κ1) is 9.60. The minimum Gasteiger partial charge on any atom is -0.211 e. The largest absolute Gasteiger partial charge is 0.234 e. The summed E-state index contributed by atoms with van der Waals surface area (Å²) in [6, 6.07) is 0. The van der Waals surface area contributed by atoms with Crippen molar-refractivity contribution >= 4 is 16.3 Å². The fourth-order valence-corrected chi connectivity index (χ4v) is 1.17. The molecular weight excluding hydrogens is 142 g/mol. The zero-order valence-corrected chi connectivity index (χ0v) is 8.92. The fraction of sp³-hybridized carbons (Fsp3) is 0.857. The molecule has 0 saturated heterocycles. The SMILES string of the molecule is CC(C)CCC([SiH3])N=C=O. The number of carbonyl (C=O) groups excluding carboxylic acids is 1. The van der Waals surface area contributed by atoms with Crippen LogP contribution in [0.3, 0.4) is 0 Å². The minimum atomic E-state index is 0.292. The lowest BCUT2D eigenvalue weighted by Gasteiger charge is -2.05. The number of aliphatic imine (C=N–C) groups is 1. The molecular formula is C7H15NOSi. The molecule has 0 heterocycles. The second kappa shape index (κ2) is 5.39. The molecule has 0 aromatic carbocycles. The molecule has 0 fully saturated rings. The standard InChI is InChI=1S/C7H15NOSi/c1-6(2)3-4-7(10)8-5-9/h6-7H,3-4H2,1-2,10H3. The molecule has 0 spiro atoms. The van der Waals surface area contributed by atoms with Crippen molar-refractivity contribution in [1.29, 1.82) is 0 Å². The highest BCUT2D eigenvalue weighted by Crippen LogP contribution is 2.06. The van der Waals surface area contributed by atoms with E-state index in [2.05, 4.69) is 18.8 Å². The van der Waals surface area contributed by atoms with E-state index in [-0.39, 0.29) is 0 Å². The van der Waals surface area contributed by atoms with E-state index in [4.69, 9.17) is 0 Å². The quantitative estimate of drug-likeness (QED) is 0.331. The van der Waals surface area contributed by atoms with Crippen LogP contribution < -0.4 is 0 Å². The van der Waals surface area contributed by atoms with Crippen molar-refractivity contribution < 1.29 is 4.79 Å². The van der Waals surface area contributed by atoms with Crippen LogP contribution in [0, 0.1) is 5.92 Å². The van der Waals surface area contributed by atoms with Crippen molar-refractivity contribution in [2.24, 2.45) is 10.9 Å². The predicted octanol–water partition coefficient (Wildman–Crippen LogP) is 0.450. The average Bonchev–Trinajstić information content (AvgIpc) is 1.85. The van der Waals surface area contributed by atoms with E-state index in [0.29, 0.717) is 5.67 Å². The van der Waals surface area contributed by atoms with Gasteiger partial charge >= 0.3 is 0 Å². The molecule has 0 saturated carbocycles. The zero-order chi connectivity index (χ0) is 7.98. The molecule has 2 nitrogen and oxygen atoms in total. The van der Waals surface area contributed by atoms with Crippen LogP contribution in [0.15, 0.2) is 4.99 Å². The van der Waals surface area contributed by atoms with Crippen LogP contribution in [0.25, 0.3) is 0 Å². The van der Waals surface area contributed by atoms with E-state index in [1.165, 1.54) is 6.42 Å². The highest BCUT2D eigenvalue weighted by atomic mass is 28.1. The van der Waals surface area contributed by atoms with Crippen LogP contribution in [0.4, 0.5) is 0 Å². The monoisotopic (exact) mass is 157 g/mol. The molecule has 0 aliphatic rings. The number of nitrogens with zero attached hydrogens (tertiary/aromatic N) is 1. The van der Waals surface area contributed by atoms with Crippen LogP contribution >= 0.6 is 0 Å². The number of hydrogen-bond acceptors (Lipinski definition) is 2. The Balaban J connectivity index is 3.39. The van der Waals surface area contributed by atoms with E-state index in [1.807, 2.05) is 0 Å². The van der Waals surface area contributed by atoms with Gasteiger partial charge in [-0.15, -0.1) is 0 Å². The Morgan fingerprint density at radius 3 is 2.50 bits per heavy atom. The molecule has 0 aromatic heterocycles. The van der Waals surface area contributed by atoms with E-state index in [1.54, 1.807) is 6.08 Å². The Labute approximate surface area is 65.2 Å². The number of isocyanates is 1. The summed E-state index contributed by atoms with van der Waals surface area (Å²) in [5, 5.41) is 0. The fourth-order valence-electron chi connectivity index (χ4n) is 0.729. The second-order valence-electron chi connectivity index (χ2n) is 3.04. The van der Waals surface area contributed by atoms with E-state index in [0.717, 1.165) is 22.6 Å². The lowest BCUT2D eigenvalue weighted by atomic mass is 10.1. The molecule has 0 bridgehead atoms. The molecule has 0 aliphatic carbocycles. The zero-order valence-electron chi connectivity index (χ0n) is 6.92. The first-order chi connectivity index (χ1) is 4.66. The van der Waals surface area contributed by atoms with Gasteiger partial charge in [-0.25, -0.2) is 9.79 Å². The smallest absolute Gasteiger partial charge is 0.211 e. The lowest BCUT2D eigenvalue weighted by Crippen LogP contribution is -2.04. The summed E-state index contributed by atoms with van der Waals surface area (Å²) in [6.45, 7) is 4.36. The Morgan fingerprint density at radius 2 is 2.10 bits per heavy atom. The minimum absolute atomic E-state index is 0.292. The van der Waals surface area contributed by atoms with Crippen LogP contribution in [-0.4, -0.2) is 22.0 Å². The van der Waals surface area contributed by atoms with Gasteiger partial charge in [0.25, 0.3) is 0 Å². The topological polar surface area (TPSA) is 29.4 Å². The van der Waals surface area contributed by atoms with Crippen molar-refractivity contribution in [3.8, 4) is 0 Å². The Kier molecular flexibility index (Phi) is 5.17. The summed E-state index contributed by atoms with van der Waals surface area (Å²) in [4.78, 5) is 13.4. The first-order valence-corrected chi connectivity index (χ1v) is 4.89. The molecule has 0 rings (SSSR count). The maximum Gasteiger partial charge on any atom is 0.234 e. The molecule has 0 N–H and O–H groups in total. The van der Waals surface area contributed by atoms with Gasteiger partial charge in [-0.05, 0) is 18.8 Å². The van der Waals surface area contributed by atoms with Crippen molar-refractivity contribution in [1.82, 2.24) is 0 Å². The summed E-state index contributed by atoms with van der Waals surface area (Å²) in [7, 11) is 0.975. The molecule has 0 aromatic rings. The Bertz CT molecular complexity index is 130. The molecule has 0 aliphatic heterocycles. The van der Waals surface area contributed by atoms with Gasteiger partial charge in [0.15, 0.2) is 0 Å². The van der Waals surface area contributed by atoms with Crippen LogP contribution in [0.5, 0.6) is 0 Å². The molecule has 58 valence electrons. The Hall–Kier alpha value is -0.403. The average molecular weight is 157 g/mol. The van der Waals surface area contributed by atoms with Crippen molar-refractivity contribution in [3.63, 3.8) is 0 Å². The van der Waals surface area contributed by atoms with Gasteiger partial charge in [0.2, 0.25) is 6.08 Å². The highest BCUT2D eigenvalue weighted by molar-refractivity contribution is 6.12. The van der Waals surface area contributed by atoms with Crippen molar-refractivity contribution in [2.45, 2.75) is 32.4 Å². The predicted molar refractivity (Wildman–Crippen MR) is 45.9 cm³/mol.